The molecule has 2 heterocycles. The summed E-state index contributed by atoms with van der Waals surface area (Å²) >= 11 is 0. The van der Waals surface area contributed by atoms with Crippen LogP contribution in [0.15, 0.2) is 88.1 Å². The van der Waals surface area contributed by atoms with E-state index < -0.39 is 0 Å². The van der Waals surface area contributed by atoms with Gasteiger partial charge in [0.15, 0.2) is 11.3 Å². The van der Waals surface area contributed by atoms with E-state index in [1.807, 2.05) is 77.7 Å². The smallest absolute Gasteiger partial charge is 0.200 e. The Kier molecular flexibility index (Phi) is 5.42. The van der Waals surface area contributed by atoms with Crippen molar-refractivity contribution < 1.29 is 13.9 Å². The SMILES string of the molecule is O=c1cc(N2CCOCC2)oc2ccc(-c3ccccc3OCc3ccccc3)cc12. The fourth-order valence-corrected chi connectivity index (χ4v) is 3.82. The van der Waals surface area contributed by atoms with E-state index in [9.17, 15) is 4.79 Å². The third-order valence-electron chi connectivity index (χ3n) is 5.47. The zero-order chi connectivity index (χ0) is 21.0. The Bertz CT molecular complexity index is 1240. The number of hydrogen-bond donors (Lipinski definition) is 0. The van der Waals surface area contributed by atoms with Gasteiger partial charge >= 0.3 is 0 Å². The van der Waals surface area contributed by atoms with Gasteiger partial charge in [0.1, 0.15) is 17.9 Å². The highest BCUT2D eigenvalue weighted by Crippen LogP contribution is 2.32. The van der Waals surface area contributed by atoms with Crippen LogP contribution in [0, 0.1) is 0 Å². The molecule has 0 unspecified atom stereocenters. The molecule has 0 bridgehead atoms. The monoisotopic (exact) mass is 413 g/mol. The summed E-state index contributed by atoms with van der Waals surface area (Å²) in [6.07, 6.45) is 0. The lowest BCUT2D eigenvalue weighted by atomic mass is 10.0. The van der Waals surface area contributed by atoms with Gasteiger partial charge in [0, 0.05) is 24.7 Å². The summed E-state index contributed by atoms with van der Waals surface area (Å²) < 4.78 is 17.5. The number of nitrogens with zero attached hydrogens (tertiary/aromatic N) is 1. The number of rotatable bonds is 5. The second-order valence-electron chi connectivity index (χ2n) is 7.53. The van der Waals surface area contributed by atoms with Crippen LogP contribution in [-0.2, 0) is 11.3 Å². The third kappa shape index (κ3) is 4.18. The van der Waals surface area contributed by atoms with Crippen LogP contribution in [0.5, 0.6) is 5.75 Å². The molecule has 0 amide bonds. The van der Waals surface area contributed by atoms with Gasteiger partial charge in [0.2, 0.25) is 0 Å². The Balaban J connectivity index is 1.47. The number of ether oxygens (including phenoxy) is 2. The van der Waals surface area contributed by atoms with Gasteiger partial charge in [-0.25, -0.2) is 0 Å². The van der Waals surface area contributed by atoms with E-state index in [1.165, 1.54) is 0 Å². The lowest BCUT2D eigenvalue weighted by Gasteiger charge is -2.27. The van der Waals surface area contributed by atoms with Crippen LogP contribution in [-0.4, -0.2) is 26.3 Å². The standard InChI is InChI=1S/C26H23NO4/c28-23-17-26(27-12-14-29-15-13-27)31-25-11-10-20(16-22(23)25)21-8-4-5-9-24(21)30-18-19-6-2-1-3-7-19/h1-11,16-17H,12-15,18H2. The van der Waals surface area contributed by atoms with Gasteiger partial charge in [-0.3, -0.25) is 4.79 Å². The minimum Gasteiger partial charge on any atom is -0.488 e. The molecule has 1 aliphatic heterocycles. The summed E-state index contributed by atoms with van der Waals surface area (Å²) in [7, 11) is 0. The van der Waals surface area contributed by atoms with Gasteiger partial charge in [-0.05, 0) is 29.3 Å². The van der Waals surface area contributed by atoms with Crippen molar-refractivity contribution in [3.8, 4) is 16.9 Å². The van der Waals surface area contributed by atoms with Gasteiger partial charge in [-0.1, -0.05) is 54.6 Å². The molecule has 1 aliphatic rings. The molecular weight excluding hydrogens is 390 g/mol. The van der Waals surface area contributed by atoms with Gasteiger partial charge in [-0.2, -0.15) is 0 Å². The summed E-state index contributed by atoms with van der Waals surface area (Å²) in [6, 6.07) is 25.2. The molecule has 4 aromatic rings. The second-order valence-corrected chi connectivity index (χ2v) is 7.53. The number of anilines is 1. The first-order valence-electron chi connectivity index (χ1n) is 10.4. The topological polar surface area (TPSA) is 51.9 Å². The minimum atomic E-state index is -0.0488. The predicted molar refractivity (Wildman–Crippen MR) is 122 cm³/mol. The lowest BCUT2D eigenvalue weighted by Crippen LogP contribution is -2.36. The molecule has 3 aromatic carbocycles. The Labute approximate surface area is 180 Å². The van der Waals surface area contributed by atoms with E-state index in [4.69, 9.17) is 13.9 Å². The molecule has 0 spiro atoms. The molecule has 5 nitrogen and oxygen atoms in total. The third-order valence-corrected chi connectivity index (χ3v) is 5.47. The Morgan fingerprint density at radius 3 is 2.48 bits per heavy atom. The van der Waals surface area contributed by atoms with Crippen LogP contribution in [0.1, 0.15) is 5.56 Å². The first-order chi connectivity index (χ1) is 15.3. The molecule has 1 saturated heterocycles. The maximum absolute atomic E-state index is 12.9. The van der Waals surface area contributed by atoms with E-state index in [2.05, 4.69) is 0 Å². The molecule has 1 fully saturated rings. The van der Waals surface area contributed by atoms with Gasteiger partial charge < -0.3 is 18.8 Å². The van der Waals surface area contributed by atoms with Crippen LogP contribution < -0.4 is 15.1 Å². The van der Waals surface area contributed by atoms with E-state index in [0.29, 0.717) is 36.7 Å². The Hall–Kier alpha value is -3.57. The molecular formula is C26H23NO4. The molecule has 5 rings (SSSR count). The van der Waals surface area contributed by atoms with E-state index in [-0.39, 0.29) is 5.43 Å². The number of fused-ring (bicyclic) bond motifs is 1. The van der Waals surface area contributed by atoms with Crippen LogP contribution in [0.25, 0.3) is 22.1 Å². The van der Waals surface area contributed by atoms with Crippen LogP contribution in [0.4, 0.5) is 5.88 Å². The number of hydrogen-bond acceptors (Lipinski definition) is 5. The van der Waals surface area contributed by atoms with E-state index >= 15 is 0 Å². The summed E-state index contributed by atoms with van der Waals surface area (Å²) in [5.74, 6) is 1.38. The lowest BCUT2D eigenvalue weighted by molar-refractivity contribution is 0.121. The average molecular weight is 413 g/mol. The van der Waals surface area contributed by atoms with Gasteiger partial charge in [0.25, 0.3) is 0 Å². The maximum Gasteiger partial charge on any atom is 0.200 e. The molecule has 0 aliphatic carbocycles. The average Bonchev–Trinajstić information content (AvgIpc) is 2.84. The molecule has 5 heteroatoms. The normalized spacial score (nSPS) is 14.0. The van der Waals surface area contributed by atoms with Gasteiger partial charge in [0.05, 0.1) is 18.6 Å². The minimum absolute atomic E-state index is 0.0488. The molecule has 31 heavy (non-hydrogen) atoms. The highest BCUT2D eigenvalue weighted by Gasteiger charge is 2.16. The zero-order valence-electron chi connectivity index (χ0n) is 17.1. The summed E-state index contributed by atoms with van der Waals surface area (Å²) in [5, 5.41) is 0.562. The van der Waals surface area contributed by atoms with Crippen LogP contribution in [0.2, 0.25) is 0 Å². The van der Waals surface area contributed by atoms with Crippen molar-refractivity contribution in [3.63, 3.8) is 0 Å². The largest absolute Gasteiger partial charge is 0.488 e. The molecule has 156 valence electrons. The van der Waals surface area contributed by atoms with Crippen molar-refractivity contribution in [1.82, 2.24) is 0 Å². The summed E-state index contributed by atoms with van der Waals surface area (Å²) in [4.78, 5) is 14.9. The van der Waals surface area contributed by atoms with Crippen molar-refractivity contribution in [3.05, 3.63) is 94.6 Å². The quantitative estimate of drug-likeness (QED) is 0.467. The molecule has 0 N–H and O–H groups in total. The molecule has 1 aromatic heterocycles. The van der Waals surface area contributed by atoms with Crippen molar-refractivity contribution in [2.75, 3.05) is 31.2 Å². The predicted octanol–water partition coefficient (Wildman–Crippen LogP) is 4.88. The summed E-state index contributed by atoms with van der Waals surface area (Å²) in [5.41, 5.74) is 3.50. The first-order valence-corrected chi connectivity index (χ1v) is 10.4. The highest BCUT2D eigenvalue weighted by molar-refractivity contribution is 5.85. The van der Waals surface area contributed by atoms with Crippen LogP contribution >= 0.6 is 0 Å². The van der Waals surface area contributed by atoms with Crippen molar-refractivity contribution in [2.45, 2.75) is 6.61 Å². The molecule has 0 atom stereocenters. The van der Waals surface area contributed by atoms with Crippen molar-refractivity contribution >= 4 is 16.9 Å². The fraction of sp³-hybridized carbons (Fsp3) is 0.192. The molecule has 0 radical (unpaired) electrons. The Morgan fingerprint density at radius 2 is 1.65 bits per heavy atom. The second kappa shape index (κ2) is 8.66. The van der Waals surface area contributed by atoms with Crippen molar-refractivity contribution in [1.29, 1.82) is 0 Å². The number of para-hydroxylation sites is 1. The zero-order valence-corrected chi connectivity index (χ0v) is 17.1. The number of morpholine rings is 1. The summed E-state index contributed by atoms with van der Waals surface area (Å²) in [6.45, 7) is 3.20. The van der Waals surface area contributed by atoms with Crippen LogP contribution in [0.3, 0.4) is 0 Å². The highest BCUT2D eigenvalue weighted by atomic mass is 16.5. The Morgan fingerprint density at radius 1 is 0.871 bits per heavy atom. The first kappa shape index (κ1) is 19.4. The van der Waals surface area contributed by atoms with Gasteiger partial charge in [-0.15, -0.1) is 0 Å². The van der Waals surface area contributed by atoms with E-state index in [1.54, 1.807) is 6.07 Å². The number of benzene rings is 3. The van der Waals surface area contributed by atoms with E-state index in [0.717, 1.165) is 35.5 Å². The fourth-order valence-electron chi connectivity index (χ4n) is 3.82. The maximum atomic E-state index is 12.9. The van der Waals surface area contributed by atoms with Crippen molar-refractivity contribution in [2.24, 2.45) is 0 Å². The molecule has 0 saturated carbocycles.